The Kier molecular flexibility index (Phi) is 5.31. The van der Waals surface area contributed by atoms with Crippen LogP contribution in [0.15, 0.2) is 36.4 Å². The first-order valence-corrected chi connectivity index (χ1v) is 8.33. The predicted molar refractivity (Wildman–Crippen MR) is 99.8 cm³/mol. The number of nitrogens with two attached hydrogens (primary N) is 1. The topological polar surface area (TPSA) is 76.8 Å². The molecule has 0 bridgehead atoms. The number of ether oxygens (including phenoxy) is 2. The van der Waals surface area contributed by atoms with Crippen molar-refractivity contribution in [2.24, 2.45) is 0 Å². The third-order valence-electron chi connectivity index (χ3n) is 4.05. The molecule has 132 valence electrons. The van der Waals surface area contributed by atoms with Crippen LogP contribution < -0.4 is 20.7 Å². The van der Waals surface area contributed by atoms with Crippen LogP contribution in [0.1, 0.15) is 10.4 Å². The summed E-state index contributed by atoms with van der Waals surface area (Å²) in [6.45, 7) is 2.78. The highest BCUT2D eigenvalue weighted by Crippen LogP contribution is 2.34. The lowest BCUT2D eigenvalue weighted by Gasteiger charge is -2.30. The molecule has 2 aromatic rings. The molecule has 25 heavy (non-hydrogen) atoms. The summed E-state index contributed by atoms with van der Waals surface area (Å²) in [6.07, 6.45) is 0. The van der Waals surface area contributed by atoms with E-state index in [1.807, 2.05) is 0 Å². The smallest absolute Gasteiger partial charge is 0.255 e. The lowest BCUT2D eigenvalue weighted by Crippen LogP contribution is -2.36. The lowest BCUT2D eigenvalue weighted by atomic mass is 10.1. The molecule has 0 unspecified atom stereocenters. The fourth-order valence-electron chi connectivity index (χ4n) is 2.71. The highest BCUT2D eigenvalue weighted by atomic mass is 35.5. The number of hydrogen-bond donors (Lipinski definition) is 2. The van der Waals surface area contributed by atoms with E-state index in [9.17, 15) is 4.79 Å². The second-order valence-corrected chi connectivity index (χ2v) is 6.08. The van der Waals surface area contributed by atoms with Crippen LogP contribution in [-0.2, 0) is 4.74 Å². The van der Waals surface area contributed by atoms with Crippen molar-refractivity contribution in [2.75, 3.05) is 49.4 Å². The molecule has 1 aliphatic rings. The Morgan fingerprint density at radius 3 is 2.76 bits per heavy atom. The molecule has 1 aliphatic heterocycles. The average Bonchev–Trinajstić information content (AvgIpc) is 2.64. The molecule has 0 atom stereocenters. The fourth-order valence-corrected chi connectivity index (χ4v) is 2.93. The standard InChI is InChI=1S/C18H20ClN3O3/c1-24-13-4-2-3-12(9-13)18(23)21-16-11-17(15(20)10-14(16)19)22-5-7-25-8-6-22/h2-4,9-11H,5-8,20H2,1H3,(H,21,23). The van der Waals surface area contributed by atoms with Gasteiger partial charge in [-0.25, -0.2) is 0 Å². The number of rotatable bonds is 4. The zero-order valence-electron chi connectivity index (χ0n) is 13.9. The minimum atomic E-state index is -0.265. The molecule has 1 fully saturated rings. The molecule has 3 rings (SSSR count). The number of morpholine rings is 1. The summed E-state index contributed by atoms with van der Waals surface area (Å²) < 4.78 is 10.5. The summed E-state index contributed by atoms with van der Waals surface area (Å²) in [5.41, 5.74) is 8.53. The molecular weight excluding hydrogens is 342 g/mol. The van der Waals surface area contributed by atoms with Crippen molar-refractivity contribution in [3.05, 3.63) is 47.0 Å². The van der Waals surface area contributed by atoms with Crippen LogP contribution in [0, 0.1) is 0 Å². The quantitative estimate of drug-likeness (QED) is 0.818. The summed E-state index contributed by atoms with van der Waals surface area (Å²) >= 11 is 6.27. The Balaban J connectivity index is 1.84. The molecule has 1 saturated heterocycles. The molecule has 0 aromatic heterocycles. The lowest BCUT2D eigenvalue weighted by molar-refractivity contribution is 0.102. The van der Waals surface area contributed by atoms with Crippen LogP contribution in [0.5, 0.6) is 5.75 Å². The second-order valence-electron chi connectivity index (χ2n) is 5.68. The van der Waals surface area contributed by atoms with E-state index in [-0.39, 0.29) is 5.91 Å². The number of halogens is 1. The van der Waals surface area contributed by atoms with Gasteiger partial charge in [0.1, 0.15) is 5.75 Å². The van der Waals surface area contributed by atoms with E-state index in [1.54, 1.807) is 43.5 Å². The normalized spacial score (nSPS) is 14.2. The molecule has 7 heteroatoms. The van der Waals surface area contributed by atoms with Gasteiger partial charge in [0.05, 0.1) is 42.4 Å². The van der Waals surface area contributed by atoms with E-state index in [2.05, 4.69) is 10.2 Å². The maximum Gasteiger partial charge on any atom is 0.255 e. The van der Waals surface area contributed by atoms with Gasteiger partial charge in [-0.05, 0) is 30.3 Å². The number of benzene rings is 2. The van der Waals surface area contributed by atoms with E-state index in [0.717, 1.165) is 18.8 Å². The number of nitrogens with one attached hydrogen (secondary N) is 1. The van der Waals surface area contributed by atoms with E-state index < -0.39 is 0 Å². The minimum Gasteiger partial charge on any atom is -0.497 e. The van der Waals surface area contributed by atoms with E-state index in [0.29, 0.717) is 40.9 Å². The summed E-state index contributed by atoms with van der Waals surface area (Å²) in [5.74, 6) is 0.351. The van der Waals surface area contributed by atoms with Crippen LogP contribution >= 0.6 is 11.6 Å². The molecule has 1 heterocycles. The van der Waals surface area contributed by atoms with Crippen molar-refractivity contribution < 1.29 is 14.3 Å². The zero-order valence-corrected chi connectivity index (χ0v) is 14.7. The Labute approximate surface area is 151 Å². The van der Waals surface area contributed by atoms with Crippen molar-refractivity contribution in [1.29, 1.82) is 0 Å². The molecule has 6 nitrogen and oxygen atoms in total. The van der Waals surface area contributed by atoms with Gasteiger partial charge < -0.3 is 25.4 Å². The van der Waals surface area contributed by atoms with Gasteiger partial charge in [-0.1, -0.05) is 17.7 Å². The third-order valence-corrected chi connectivity index (χ3v) is 4.36. The predicted octanol–water partition coefficient (Wildman–Crippen LogP) is 3.02. The van der Waals surface area contributed by atoms with E-state index in [1.165, 1.54) is 0 Å². The van der Waals surface area contributed by atoms with Crippen molar-refractivity contribution in [3.63, 3.8) is 0 Å². The van der Waals surface area contributed by atoms with E-state index >= 15 is 0 Å². The van der Waals surface area contributed by atoms with Gasteiger partial charge in [0, 0.05) is 18.7 Å². The molecule has 0 spiro atoms. The third kappa shape index (κ3) is 3.97. The van der Waals surface area contributed by atoms with Gasteiger partial charge in [0.15, 0.2) is 0 Å². The number of carbonyl (C=O) groups excluding carboxylic acids is 1. The monoisotopic (exact) mass is 361 g/mol. The van der Waals surface area contributed by atoms with Crippen LogP contribution in [-0.4, -0.2) is 39.3 Å². The van der Waals surface area contributed by atoms with Crippen molar-refractivity contribution in [3.8, 4) is 5.75 Å². The molecular formula is C18H20ClN3O3. The van der Waals surface area contributed by atoms with Crippen LogP contribution in [0.2, 0.25) is 5.02 Å². The molecule has 3 N–H and O–H groups in total. The Morgan fingerprint density at radius 1 is 1.28 bits per heavy atom. The number of nitrogen functional groups attached to an aromatic ring is 1. The Bertz CT molecular complexity index is 776. The maximum atomic E-state index is 12.5. The van der Waals surface area contributed by atoms with Crippen molar-refractivity contribution in [2.45, 2.75) is 0 Å². The summed E-state index contributed by atoms with van der Waals surface area (Å²) in [7, 11) is 1.56. The first-order chi connectivity index (χ1) is 12.1. The highest BCUT2D eigenvalue weighted by Gasteiger charge is 2.17. The van der Waals surface area contributed by atoms with Gasteiger partial charge in [-0.15, -0.1) is 0 Å². The molecule has 1 amide bonds. The van der Waals surface area contributed by atoms with Crippen molar-refractivity contribution >= 4 is 34.6 Å². The maximum absolute atomic E-state index is 12.5. The van der Waals surface area contributed by atoms with Gasteiger partial charge >= 0.3 is 0 Å². The molecule has 0 saturated carbocycles. The van der Waals surface area contributed by atoms with Crippen LogP contribution in [0.3, 0.4) is 0 Å². The number of carbonyl (C=O) groups is 1. The van der Waals surface area contributed by atoms with Gasteiger partial charge in [0.2, 0.25) is 0 Å². The number of nitrogens with zero attached hydrogens (tertiary/aromatic N) is 1. The number of amides is 1. The van der Waals surface area contributed by atoms with Crippen LogP contribution in [0.25, 0.3) is 0 Å². The summed E-state index contributed by atoms with van der Waals surface area (Å²) in [5, 5.41) is 3.24. The van der Waals surface area contributed by atoms with Gasteiger partial charge in [-0.3, -0.25) is 4.79 Å². The van der Waals surface area contributed by atoms with Gasteiger partial charge in [0.25, 0.3) is 5.91 Å². The largest absolute Gasteiger partial charge is 0.497 e. The first kappa shape index (κ1) is 17.4. The fraction of sp³-hybridized carbons (Fsp3) is 0.278. The minimum absolute atomic E-state index is 0.265. The summed E-state index contributed by atoms with van der Waals surface area (Å²) in [6, 6.07) is 10.4. The first-order valence-electron chi connectivity index (χ1n) is 7.95. The number of anilines is 3. The average molecular weight is 362 g/mol. The number of hydrogen-bond acceptors (Lipinski definition) is 5. The molecule has 0 radical (unpaired) electrons. The Morgan fingerprint density at radius 2 is 2.04 bits per heavy atom. The number of methoxy groups -OCH3 is 1. The summed E-state index contributed by atoms with van der Waals surface area (Å²) in [4.78, 5) is 14.6. The SMILES string of the molecule is COc1cccc(C(=O)Nc2cc(N3CCOCC3)c(N)cc2Cl)c1. The Hall–Kier alpha value is -2.44. The van der Waals surface area contributed by atoms with Crippen molar-refractivity contribution in [1.82, 2.24) is 0 Å². The molecule has 0 aliphatic carbocycles. The second kappa shape index (κ2) is 7.63. The highest BCUT2D eigenvalue weighted by molar-refractivity contribution is 6.34. The zero-order chi connectivity index (χ0) is 17.8. The van der Waals surface area contributed by atoms with E-state index in [4.69, 9.17) is 26.8 Å². The molecule has 2 aromatic carbocycles. The van der Waals surface area contributed by atoms with Gasteiger partial charge in [-0.2, -0.15) is 0 Å². The van der Waals surface area contributed by atoms with Crippen LogP contribution in [0.4, 0.5) is 17.1 Å².